The molecule has 0 amide bonds. The van der Waals surface area contributed by atoms with E-state index in [0.29, 0.717) is 0 Å². The fraction of sp³-hybridized carbons (Fsp3) is 0.222. The summed E-state index contributed by atoms with van der Waals surface area (Å²) in [7, 11) is 1.71. The van der Waals surface area contributed by atoms with Crippen molar-refractivity contribution < 1.29 is 4.74 Å². The molecule has 102 valence electrons. The van der Waals surface area contributed by atoms with Crippen molar-refractivity contribution >= 4 is 10.9 Å². The molecule has 20 heavy (non-hydrogen) atoms. The lowest BCUT2D eigenvalue weighted by molar-refractivity contribution is 0.415. The molecule has 0 saturated carbocycles. The van der Waals surface area contributed by atoms with E-state index in [1.165, 1.54) is 27.7 Å². The molecule has 0 bridgehead atoms. The summed E-state index contributed by atoms with van der Waals surface area (Å²) < 4.78 is 7.73. The number of aryl methyl sites for hydroxylation is 1. The predicted molar refractivity (Wildman–Crippen MR) is 83.5 cm³/mol. The Labute approximate surface area is 119 Å². The minimum absolute atomic E-state index is 0.893. The summed E-state index contributed by atoms with van der Waals surface area (Å²) in [5.74, 6) is 0.907. The Balaban J connectivity index is 2.16. The molecular weight excluding hydrogens is 246 g/mol. The average Bonchev–Trinajstić information content (AvgIpc) is 2.73. The van der Waals surface area contributed by atoms with Crippen molar-refractivity contribution in [2.75, 3.05) is 7.11 Å². The number of aromatic nitrogens is 1. The summed E-state index contributed by atoms with van der Waals surface area (Å²) in [6.07, 6.45) is 0. The van der Waals surface area contributed by atoms with Crippen LogP contribution in [-0.4, -0.2) is 11.7 Å². The van der Waals surface area contributed by atoms with Gasteiger partial charge in [-0.2, -0.15) is 0 Å². The number of hydrogen-bond acceptors (Lipinski definition) is 1. The van der Waals surface area contributed by atoms with Crippen molar-refractivity contribution in [1.29, 1.82) is 0 Å². The summed E-state index contributed by atoms with van der Waals surface area (Å²) in [6.45, 7) is 5.26. The minimum atomic E-state index is 0.893. The van der Waals surface area contributed by atoms with Crippen molar-refractivity contribution in [1.82, 2.24) is 4.57 Å². The van der Waals surface area contributed by atoms with Crippen LogP contribution in [0.15, 0.2) is 48.5 Å². The molecule has 1 heterocycles. The van der Waals surface area contributed by atoms with Crippen molar-refractivity contribution in [2.24, 2.45) is 0 Å². The summed E-state index contributed by atoms with van der Waals surface area (Å²) in [5.41, 5.74) is 5.22. The molecule has 0 N–H and O–H groups in total. The fourth-order valence-electron chi connectivity index (χ4n) is 2.73. The maximum Gasteiger partial charge on any atom is 0.120 e. The van der Waals surface area contributed by atoms with Crippen LogP contribution in [0.4, 0.5) is 0 Å². The first-order valence-electron chi connectivity index (χ1n) is 6.88. The van der Waals surface area contributed by atoms with E-state index in [2.05, 4.69) is 60.9 Å². The Morgan fingerprint density at radius 2 is 1.75 bits per heavy atom. The van der Waals surface area contributed by atoms with Crippen LogP contribution in [0.25, 0.3) is 10.9 Å². The monoisotopic (exact) mass is 265 g/mol. The van der Waals surface area contributed by atoms with E-state index < -0.39 is 0 Å². The van der Waals surface area contributed by atoms with E-state index in [1.807, 2.05) is 6.07 Å². The second-order valence-corrected chi connectivity index (χ2v) is 5.17. The molecule has 0 atom stereocenters. The lowest BCUT2D eigenvalue weighted by Crippen LogP contribution is -2.01. The number of nitrogens with zero attached hydrogens (tertiary/aromatic N) is 1. The van der Waals surface area contributed by atoms with Gasteiger partial charge >= 0.3 is 0 Å². The van der Waals surface area contributed by atoms with E-state index >= 15 is 0 Å². The van der Waals surface area contributed by atoms with Crippen LogP contribution in [0, 0.1) is 13.8 Å². The highest BCUT2D eigenvalue weighted by atomic mass is 16.5. The van der Waals surface area contributed by atoms with Gasteiger partial charge in [-0.1, -0.05) is 30.3 Å². The van der Waals surface area contributed by atoms with Gasteiger partial charge < -0.3 is 9.30 Å². The highest BCUT2D eigenvalue weighted by Crippen LogP contribution is 2.29. The Kier molecular flexibility index (Phi) is 3.23. The standard InChI is InChI=1S/C18H19NO/c1-13-14(2)19(12-15-7-5-4-6-8-15)18-11-16(20-3)9-10-17(13)18/h4-11H,12H2,1-3H3. The third-order valence-electron chi connectivity index (χ3n) is 4.03. The maximum absolute atomic E-state index is 5.36. The number of methoxy groups -OCH3 is 1. The van der Waals surface area contributed by atoms with Crippen LogP contribution in [0.3, 0.4) is 0 Å². The predicted octanol–water partition coefficient (Wildman–Crippen LogP) is 4.32. The van der Waals surface area contributed by atoms with Gasteiger partial charge in [-0.3, -0.25) is 0 Å². The van der Waals surface area contributed by atoms with Gasteiger partial charge in [-0.25, -0.2) is 0 Å². The first-order chi connectivity index (χ1) is 9.70. The van der Waals surface area contributed by atoms with Crippen molar-refractivity contribution in [3.05, 3.63) is 65.4 Å². The number of hydrogen-bond donors (Lipinski definition) is 0. The first kappa shape index (κ1) is 12.8. The molecule has 2 heteroatoms. The van der Waals surface area contributed by atoms with Gasteiger partial charge in [0.15, 0.2) is 0 Å². The highest BCUT2D eigenvalue weighted by molar-refractivity contribution is 5.86. The van der Waals surface area contributed by atoms with Gasteiger partial charge in [0.05, 0.1) is 12.6 Å². The fourth-order valence-corrected chi connectivity index (χ4v) is 2.73. The Hall–Kier alpha value is -2.22. The van der Waals surface area contributed by atoms with Crippen LogP contribution in [0.2, 0.25) is 0 Å². The zero-order valence-electron chi connectivity index (χ0n) is 12.2. The molecule has 2 nitrogen and oxygen atoms in total. The highest BCUT2D eigenvalue weighted by Gasteiger charge is 2.11. The maximum atomic E-state index is 5.36. The van der Waals surface area contributed by atoms with E-state index in [4.69, 9.17) is 4.74 Å². The van der Waals surface area contributed by atoms with Crippen molar-refractivity contribution in [3.63, 3.8) is 0 Å². The largest absolute Gasteiger partial charge is 0.497 e. The molecular formula is C18H19NO. The molecule has 0 unspecified atom stereocenters. The number of fused-ring (bicyclic) bond motifs is 1. The number of benzene rings is 2. The van der Waals surface area contributed by atoms with E-state index in [1.54, 1.807) is 7.11 Å². The summed E-state index contributed by atoms with van der Waals surface area (Å²) in [6, 6.07) is 16.9. The Bertz CT molecular complexity index is 741. The second kappa shape index (κ2) is 5.04. The molecule has 0 saturated heterocycles. The van der Waals surface area contributed by atoms with Crippen molar-refractivity contribution in [3.8, 4) is 5.75 Å². The lowest BCUT2D eigenvalue weighted by Gasteiger charge is -2.09. The normalized spacial score (nSPS) is 10.9. The molecule has 0 aliphatic carbocycles. The lowest BCUT2D eigenvalue weighted by atomic mass is 10.1. The molecule has 3 rings (SSSR count). The Morgan fingerprint density at radius 3 is 2.45 bits per heavy atom. The van der Waals surface area contributed by atoms with Gasteiger partial charge in [0.2, 0.25) is 0 Å². The van der Waals surface area contributed by atoms with E-state index in [0.717, 1.165) is 12.3 Å². The van der Waals surface area contributed by atoms with Gasteiger partial charge in [0, 0.05) is 23.7 Å². The number of ether oxygens (including phenoxy) is 1. The smallest absolute Gasteiger partial charge is 0.120 e. The molecule has 0 aliphatic rings. The third-order valence-corrected chi connectivity index (χ3v) is 4.03. The molecule has 0 spiro atoms. The van der Waals surface area contributed by atoms with Crippen molar-refractivity contribution in [2.45, 2.75) is 20.4 Å². The number of rotatable bonds is 3. The molecule has 0 fully saturated rings. The topological polar surface area (TPSA) is 14.2 Å². The third kappa shape index (κ3) is 2.07. The van der Waals surface area contributed by atoms with E-state index in [9.17, 15) is 0 Å². The van der Waals surface area contributed by atoms with Gasteiger partial charge in [0.25, 0.3) is 0 Å². The van der Waals surface area contributed by atoms with Crippen LogP contribution >= 0.6 is 0 Å². The molecule has 0 radical (unpaired) electrons. The molecule has 1 aromatic heterocycles. The van der Waals surface area contributed by atoms with Gasteiger partial charge in [-0.15, -0.1) is 0 Å². The molecule has 2 aromatic carbocycles. The zero-order chi connectivity index (χ0) is 14.1. The minimum Gasteiger partial charge on any atom is -0.497 e. The second-order valence-electron chi connectivity index (χ2n) is 5.17. The van der Waals surface area contributed by atoms with Crippen LogP contribution in [-0.2, 0) is 6.54 Å². The average molecular weight is 265 g/mol. The van der Waals surface area contributed by atoms with Gasteiger partial charge in [0.1, 0.15) is 5.75 Å². The van der Waals surface area contributed by atoms with E-state index in [-0.39, 0.29) is 0 Å². The SMILES string of the molecule is COc1ccc2c(C)c(C)n(Cc3ccccc3)c2c1. The summed E-state index contributed by atoms with van der Waals surface area (Å²) >= 11 is 0. The van der Waals surface area contributed by atoms with Crippen LogP contribution in [0.5, 0.6) is 5.75 Å². The quantitative estimate of drug-likeness (QED) is 0.688. The van der Waals surface area contributed by atoms with Gasteiger partial charge in [-0.05, 0) is 37.1 Å². The first-order valence-corrected chi connectivity index (χ1v) is 6.88. The molecule has 3 aromatic rings. The van der Waals surface area contributed by atoms with Crippen LogP contribution < -0.4 is 4.74 Å². The molecule has 0 aliphatic heterocycles. The van der Waals surface area contributed by atoms with Crippen LogP contribution in [0.1, 0.15) is 16.8 Å². The summed E-state index contributed by atoms with van der Waals surface area (Å²) in [5, 5.41) is 1.30. The zero-order valence-corrected chi connectivity index (χ0v) is 12.2. The summed E-state index contributed by atoms with van der Waals surface area (Å²) in [4.78, 5) is 0. The Morgan fingerprint density at radius 1 is 1.00 bits per heavy atom.